The lowest BCUT2D eigenvalue weighted by atomic mass is 10.1. The van der Waals surface area contributed by atoms with E-state index >= 15 is 0 Å². The van der Waals surface area contributed by atoms with Crippen molar-refractivity contribution in [3.8, 4) is 5.75 Å². The highest BCUT2D eigenvalue weighted by atomic mass is 35.5. The van der Waals surface area contributed by atoms with Crippen LogP contribution in [0.2, 0.25) is 10.0 Å². The molecule has 0 N–H and O–H groups in total. The maximum Gasteiger partial charge on any atom is 0.337 e. The average molecular weight is 408 g/mol. The van der Waals surface area contributed by atoms with Gasteiger partial charge in [-0.05, 0) is 35.9 Å². The Labute approximate surface area is 165 Å². The van der Waals surface area contributed by atoms with Gasteiger partial charge in [0.15, 0.2) is 0 Å². The number of halogens is 2. The zero-order valence-electron chi connectivity index (χ0n) is 14.2. The molecule has 0 aromatic heterocycles. The van der Waals surface area contributed by atoms with Gasteiger partial charge in [-0.3, -0.25) is 10.1 Å². The fraction of sp³-hybridized carbons (Fsp3) is 0.105. The van der Waals surface area contributed by atoms with Gasteiger partial charge in [-0.1, -0.05) is 41.4 Å². The van der Waals surface area contributed by atoms with Crippen LogP contribution in [0.25, 0.3) is 12.2 Å². The third kappa shape index (κ3) is 6.13. The van der Waals surface area contributed by atoms with Crippen LogP contribution in [0.3, 0.4) is 0 Å². The Bertz CT molecular complexity index is 909. The number of methoxy groups -OCH3 is 1. The van der Waals surface area contributed by atoms with E-state index in [1.165, 1.54) is 19.3 Å². The van der Waals surface area contributed by atoms with Gasteiger partial charge < -0.3 is 9.47 Å². The van der Waals surface area contributed by atoms with Gasteiger partial charge >= 0.3 is 5.97 Å². The zero-order valence-corrected chi connectivity index (χ0v) is 15.7. The number of nitro groups is 1. The molecule has 0 bridgehead atoms. The first-order valence-corrected chi connectivity index (χ1v) is 8.43. The minimum Gasteiger partial charge on any atom is -0.488 e. The highest BCUT2D eigenvalue weighted by molar-refractivity contribution is 6.32. The second-order valence-corrected chi connectivity index (χ2v) is 6.10. The van der Waals surface area contributed by atoms with Crippen molar-refractivity contribution < 1.29 is 19.2 Å². The van der Waals surface area contributed by atoms with Crippen LogP contribution in [0.4, 0.5) is 0 Å². The summed E-state index contributed by atoms with van der Waals surface area (Å²) in [6, 6.07) is 11.7. The molecular formula is C19H15Cl2NO5. The van der Waals surface area contributed by atoms with E-state index < -0.39 is 10.9 Å². The average Bonchev–Trinajstić information content (AvgIpc) is 2.65. The molecular weight excluding hydrogens is 393 g/mol. The van der Waals surface area contributed by atoms with Crippen molar-refractivity contribution in [2.24, 2.45) is 0 Å². The van der Waals surface area contributed by atoms with Gasteiger partial charge in [0.05, 0.1) is 17.6 Å². The van der Waals surface area contributed by atoms with E-state index in [1.807, 2.05) is 0 Å². The second-order valence-electron chi connectivity index (χ2n) is 5.25. The first kappa shape index (κ1) is 20.5. The van der Waals surface area contributed by atoms with Crippen LogP contribution in [0.5, 0.6) is 5.75 Å². The molecule has 27 heavy (non-hydrogen) atoms. The number of carbonyl (C=O) groups is 1. The number of hydrogen-bond acceptors (Lipinski definition) is 5. The van der Waals surface area contributed by atoms with Crippen molar-refractivity contribution >= 4 is 41.3 Å². The van der Waals surface area contributed by atoms with Gasteiger partial charge in [0.2, 0.25) is 6.20 Å². The molecule has 2 rings (SSSR count). The summed E-state index contributed by atoms with van der Waals surface area (Å²) < 4.78 is 10.5. The quantitative estimate of drug-likeness (QED) is 0.283. The largest absolute Gasteiger partial charge is 0.488 e. The summed E-state index contributed by atoms with van der Waals surface area (Å²) in [5.41, 5.74) is 1.26. The summed E-state index contributed by atoms with van der Waals surface area (Å²) >= 11 is 12.1. The van der Waals surface area contributed by atoms with Crippen LogP contribution in [-0.2, 0) is 9.53 Å². The molecule has 0 aliphatic carbocycles. The Balaban J connectivity index is 2.29. The lowest BCUT2D eigenvalue weighted by Crippen LogP contribution is -2.13. The van der Waals surface area contributed by atoms with Gasteiger partial charge in [0.1, 0.15) is 12.4 Å². The normalized spacial score (nSPS) is 11.4. The molecule has 2 aromatic carbocycles. The van der Waals surface area contributed by atoms with Gasteiger partial charge in [0, 0.05) is 21.7 Å². The molecule has 0 heterocycles. The number of hydrogen-bond donors (Lipinski definition) is 0. The second kappa shape index (κ2) is 9.75. The smallest absolute Gasteiger partial charge is 0.337 e. The molecule has 0 saturated heterocycles. The Morgan fingerprint density at radius 1 is 1.19 bits per heavy atom. The number of nitrogens with zero attached hydrogens (tertiary/aromatic N) is 1. The molecule has 0 aliphatic rings. The fourth-order valence-corrected chi connectivity index (χ4v) is 2.52. The van der Waals surface area contributed by atoms with E-state index in [4.69, 9.17) is 32.7 Å². The van der Waals surface area contributed by atoms with Crippen molar-refractivity contribution in [2.75, 3.05) is 13.7 Å². The van der Waals surface area contributed by atoms with Gasteiger partial charge in [-0.2, -0.15) is 0 Å². The minimum absolute atomic E-state index is 0.126. The standard InChI is InChI=1S/C19H15Cl2NO5/c1-26-19(23)15(10-13-4-2-3-5-17(13)21)12-27-18-7-6-16(20)11-14(18)8-9-22(24)25/h2-11H,12H2,1H3/b9-8+,15-10+. The third-order valence-electron chi connectivity index (χ3n) is 3.41. The minimum atomic E-state index is -0.595. The number of ether oxygens (including phenoxy) is 2. The molecule has 0 spiro atoms. The summed E-state index contributed by atoms with van der Waals surface area (Å²) in [6.45, 7) is -0.126. The molecule has 0 unspecified atom stereocenters. The lowest BCUT2D eigenvalue weighted by Gasteiger charge is -2.11. The van der Waals surface area contributed by atoms with Gasteiger partial charge in [-0.15, -0.1) is 0 Å². The van der Waals surface area contributed by atoms with E-state index in [-0.39, 0.29) is 12.2 Å². The molecule has 0 saturated carbocycles. The number of carbonyl (C=O) groups excluding carboxylic acids is 1. The number of esters is 1. The molecule has 2 aromatic rings. The Hall–Kier alpha value is -2.83. The number of rotatable bonds is 7. The lowest BCUT2D eigenvalue weighted by molar-refractivity contribution is -0.400. The van der Waals surface area contributed by atoms with E-state index in [9.17, 15) is 14.9 Å². The van der Waals surface area contributed by atoms with Crippen molar-refractivity contribution in [3.05, 3.63) is 85.5 Å². The highest BCUT2D eigenvalue weighted by Crippen LogP contribution is 2.25. The summed E-state index contributed by atoms with van der Waals surface area (Å²) in [5, 5.41) is 11.4. The third-order valence-corrected chi connectivity index (χ3v) is 3.99. The Morgan fingerprint density at radius 2 is 1.93 bits per heavy atom. The van der Waals surface area contributed by atoms with Crippen LogP contribution in [0.15, 0.2) is 54.2 Å². The van der Waals surface area contributed by atoms with E-state index in [1.54, 1.807) is 42.5 Å². The van der Waals surface area contributed by atoms with Crippen molar-refractivity contribution in [3.63, 3.8) is 0 Å². The van der Waals surface area contributed by atoms with Crippen LogP contribution in [-0.4, -0.2) is 24.6 Å². The van der Waals surface area contributed by atoms with E-state index in [2.05, 4.69) is 0 Å². The van der Waals surface area contributed by atoms with Crippen LogP contribution in [0, 0.1) is 10.1 Å². The van der Waals surface area contributed by atoms with Crippen molar-refractivity contribution in [1.29, 1.82) is 0 Å². The SMILES string of the molecule is COC(=O)/C(=C/c1ccccc1Cl)COc1ccc(Cl)cc1/C=C/[N+](=O)[O-]. The molecule has 0 fully saturated rings. The maximum absolute atomic E-state index is 12.1. The van der Waals surface area contributed by atoms with Crippen molar-refractivity contribution in [2.45, 2.75) is 0 Å². The van der Waals surface area contributed by atoms with E-state index in [0.29, 0.717) is 26.9 Å². The molecule has 140 valence electrons. The monoisotopic (exact) mass is 407 g/mol. The summed E-state index contributed by atoms with van der Waals surface area (Å²) in [6.07, 6.45) is 3.60. The first-order valence-electron chi connectivity index (χ1n) is 7.68. The Morgan fingerprint density at radius 3 is 2.59 bits per heavy atom. The van der Waals surface area contributed by atoms with Crippen molar-refractivity contribution in [1.82, 2.24) is 0 Å². The Kier molecular flexibility index (Phi) is 7.40. The first-order chi connectivity index (χ1) is 12.9. The molecule has 8 heteroatoms. The summed E-state index contributed by atoms with van der Waals surface area (Å²) in [5.74, 6) is -0.252. The van der Waals surface area contributed by atoms with Crippen LogP contribution in [0.1, 0.15) is 11.1 Å². The maximum atomic E-state index is 12.1. The van der Waals surface area contributed by atoms with Gasteiger partial charge in [-0.25, -0.2) is 4.79 Å². The highest BCUT2D eigenvalue weighted by Gasteiger charge is 2.13. The van der Waals surface area contributed by atoms with Gasteiger partial charge in [0.25, 0.3) is 0 Å². The summed E-state index contributed by atoms with van der Waals surface area (Å²) in [7, 11) is 1.26. The van der Waals surface area contributed by atoms with Crippen LogP contribution < -0.4 is 4.74 Å². The van der Waals surface area contributed by atoms with Crippen LogP contribution >= 0.6 is 23.2 Å². The molecule has 0 amide bonds. The predicted octanol–water partition coefficient (Wildman–Crippen LogP) is 4.88. The zero-order chi connectivity index (χ0) is 19.8. The summed E-state index contributed by atoms with van der Waals surface area (Å²) in [4.78, 5) is 22.0. The number of benzene rings is 2. The van der Waals surface area contributed by atoms with E-state index in [0.717, 1.165) is 6.20 Å². The molecule has 0 aliphatic heterocycles. The molecule has 0 atom stereocenters. The predicted molar refractivity (Wildman–Crippen MR) is 104 cm³/mol. The molecule has 6 nitrogen and oxygen atoms in total. The topological polar surface area (TPSA) is 78.7 Å². The fourth-order valence-electron chi connectivity index (χ4n) is 2.15. The molecule has 0 radical (unpaired) electrons.